The smallest absolute Gasteiger partial charge is 0.341 e. The van der Waals surface area contributed by atoms with Crippen molar-refractivity contribution in [1.29, 1.82) is 0 Å². The van der Waals surface area contributed by atoms with E-state index in [1.165, 1.54) is 0 Å². The highest BCUT2D eigenvalue weighted by Gasteiger charge is 2.25. The van der Waals surface area contributed by atoms with E-state index in [4.69, 9.17) is 21.1 Å². The van der Waals surface area contributed by atoms with Crippen molar-refractivity contribution in [2.75, 3.05) is 7.11 Å². The van der Waals surface area contributed by atoms with Gasteiger partial charge in [-0.05, 0) is 31.4 Å². The standard InChI is InChI=1S/C14H17ClO4/c1-18-9-4-2-5-10(8-9)19-12-7-3-6-11(15)13(12)14(16)17/h3,6-7,9-10H,2,4-5,8H2,1H3,(H,16,17). The SMILES string of the molecule is COC1CCCC(Oc2cccc(Cl)c2C(=O)O)C1. The molecule has 0 bridgehead atoms. The van der Waals surface area contributed by atoms with Gasteiger partial charge in [0.2, 0.25) is 0 Å². The van der Waals surface area contributed by atoms with Crippen LogP contribution in [0.15, 0.2) is 18.2 Å². The molecule has 1 fully saturated rings. The largest absolute Gasteiger partial charge is 0.489 e. The molecule has 0 aromatic heterocycles. The number of ether oxygens (including phenoxy) is 2. The number of aromatic carboxylic acids is 1. The van der Waals surface area contributed by atoms with Crippen LogP contribution in [0.1, 0.15) is 36.0 Å². The molecule has 0 saturated heterocycles. The van der Waals surface area contributed by atoms with Crippen LogP contribution >= 0.6 is 11.6 Å². The highest BCUT2D eigenvalue weighted by atomic mass is 35.5. The summed E-state index contributed by atoms with van der Waals surface area (Å²) in [5.74, 6) is -0.735. The van der Waals surface area contributed by atoms with E-state index < -0.39 is 5.97 Å². The highest BCUT2D eigenvalue weighted by molar-refractivity contribution is 6.33. The van der Waals surface area contributed by atoms with Gasteiger partial charge in [0.25, 0.3) is 0 Å². The summed E-state index contributed by atoms with van der Waals surface area (Å²) in [5.41, 5.74) is 0.0312. The van der Waals surface area contributed by atoms with Crippen molar-refractivity contribution in [1.82, 2.24) is 0 Å². The quantitative estimate of drug-likeness (QED) is 0.921. The first-order valence-corrected chi connectivity index (χ1v) is 6.71. The zero-order chi connectivity index (χ0) is 13.8. The van der Waals surface area contributed by atoms with Crippen LogP contribution in [0.3, 0.4) is 0 Å². The van der Waals surface area contributed by atoms with Crippen molar-refractivity contribution in [3.63, 3.8) is 0 Å². The Kier molecular flexibility index (Phi) is 4.66. The zero-order valence-corrected chi connectivity index (χ0v) is 11.5. The van der Waals surface area contributed by atoms with Gasteiger partial charge in [0, 0.05) is 13.5 Å². The van der Waals surface area contributed by atoms with E-state index in [9.17, 15) is 9.90 Å². The van der Waals surface area contributed by atoms with Gasteiger partial charge < -0.3 is 14.6 Å². The molecule has 4 nitrogen and oxygen atoms in total. The lowest BCUT2D eigenvalue weighted by Gasteiger charge is -2.29. The Balaban J connectivity index is 2.14. The second-order valence-corrected chi connectivity index (χ2v) is 5.09. The molecule has 19 heavy (non-hydrogen) atoms. The number of benzene rings is 1. The number of hydrogen-bond donors (Lipinski definition) is 1. The zero-order valence-electron chi connectivity index (χ0n) is 10.8. The number of hydrogen-bond acceptors (Lipinski definition) is 3. The van der Waals surface area contributed by atoms with Crippen LogP contribution in [-0.2, 0) is 4.74 Å². The van der Waals surface area contributed by atoms with Crippen molar-refractivity contribution in [3.05, 3.63) is 28.8 Å². The molecule has 0 radical (unpaired) electrons. The van der Waals surface area contributed by atoms with E-state index in [1.54, 1.807) is 25.3 Å². The first-order chi connectivity index (χ1) is 9.11. The van der Waals surface area contributed by atoms with Crippen molar-refractivity contribution >= 4 is 17.6 Å². The summed E-state index contributed by atoms with van der Waals surface area (Å²) in [7, 11) is 1.69. The van der Waals surface area contributed by atoms with Gasteiger partial charge >= 0.3 is 5.97 Å². The fourth-order valence-corrected chi connectivity index (χ4v) is 2.66. The lowest BCUT2D eigenvalue weighted by atomic mass is 9.95. The number of rotatable bonds is 4. The topological polar surface area (TPSA) is 55.8 Å². The summed E-state index contributed by atoms with van der Waals surface area (Å²) in [6, 6.07) is 4.89. The number of methoxy groups -OCH3 is 1. The molecule has 104 valence electrons. The second-order valence-electron chi connectivity index (χ2n) is 4.68. The molecule has 1 aromatic carbocycles. The average Bonchev–Trinajstić information content (AvgIpc) is 2.38. The van der Waals surface area contributed by atoms with Gasteiger partial charge in [-0.3, -0.25) is 0 Å². The van der Waals surface area contributed by atoms with Crippen LogP contribution in [0.4, 0.5) is 0 Å². The van der Waals surface area contributed by atoms with E-state index in [-0.39, 0.29) is 22.8 Å². The third-order valence-electron chi connectivity index (χ3n) is 3.39. The minimum absolute atomic E-state index is 0.0183. The minimum Gasteiger partial charge on any atom is -0.489 e. The molecular weight excluding hydrogens is 268 g/mol. The molecule has 0 aliphatic heterocycles. The second kappa shape index (κ2) is 6.26. The molecule has 0 spiro atoms. The van der Waals surface area contributed by atoms with Crippen LogP contribution in [-0.4, -0.2) is 30.4 Å². The summed E-state index contributed by atoms with van der Waals surface area (Å²) < 4.78 is 11.2. The predicted molar refractivity (Wildman–Crippen MR) is 72.1 cm³/mol. The molecule has 1 aromatic rings. The van der Waals surface area contributed by atoms with Crippen molar-refractivity contribution in [2.45, 2.75) is 37.9 Å². The molecule has 2 atom stereocenters. The van der Waals surface area contributed by atoms with E-state index >= 15 is 0 Å². The summed E-state index contributed by atoms with van der Waals surface area (Å²) in [4.78, 5) is 11.2. The number of carboxylic acid groups (broad SMARTS) is 1. The Morgan fingerprint density at radius 3 is 2.79 bits per heavy atom. The lowest BCUT2D eigenvalue weighted by Crippen LogP contribution is -2.29. The van der Waals surface area contributed by atoms with E-state index in [0.29, 0.717) is 5.75 Å². The maximum Gasteiger partial charge on any atom is 0.341 e. The maximum absolute atomic E-state index is 11.2. The average molecular weight is 285 g/mol. The number of halogens is 1. The third-order valence-corrected chi connectivity index (χ3v) is 3.71. The minimum atomic E-state index is -1.07. The summed E-state index contributed by atoms with van der Waals surface area (Å²) in [6.07, 6.45) is 3.90. The molecule has 2 unspecified atom stereocenters. The van der Waals surface area contributed by atoms with Gasteiger partial charge in [0.05, 0.1) is 11.1 Å². The summed E-state index contributed by atoms with van der Waals surface area (Å²) >= 11 is 5.91. The molecule has 1 aliphatic rings. The lowest BCUT2D eigenvalue weighted by molar-refractivity contribution is 0.0204. The molecule has 0 amide bonds. The monoisotopic (exact) mass is 284 g/mol. The first kappa shape index (κ1) is 14.2. The van der Waals surface area contributed by atoms with Gasteiger partial charge in [-0.1, -0.05) is 17.7 Å². The normalized spacial score (nSPS) is 23.1. The fourth-order valence-electron chi connectivity index (χ4n) is 2.41. The van der Waals surface area contributed by atoms with E-state index in [2.05, 4.69) is 0 Å². The Bertz CT molecular complexity index is 461. The number of carboxylic acids is 1. The molecule has 0 heterocycles. The maximum atomic E-state index is 11.2. The van der Waals surface area contributed by atoms with Crippen LogP contribution in [0.25, 0.3) is 0 Å². The van der Waals surface area contributed by atoms with Crippen LogP contribution < -0.4 is 4.74 Å². The van der Waals surface area contributed by atoms with Crippen LogP contribution in [0, 0.1) is 0 Å². The van der Waals surface area contributed by atoms with Gasteiger partial charge in [-0.2, -0.15) is 0 Å². The molecule has 1 N–H and O–H groups in total. The van der Waals surface area contributed by atoms with E-state index in [1.807, 2.05) is 0 Å². The molecule has 2 rings (SSSR count). The predicted octanol–water partition coefficient (Wildman–Crippen LogP) is 3.37. The first-order valence-electron chi connectivity index (χ1n) is 6.33. The summed E-state index contributed by atoms with van der Waals surface area (Å²) in [6.45, 7) is 0. The molecular formula is C14H17ClO4. The van der Waals surface area contributed by atoms with Gasteiger partial charge in [-0.15, -0.1) is 0 Å². The Hall–Kier alpha value is -1.26. The van der Waals surface area contributed by atoms with Crippen molar-refractivity contribution in [2.24, 2.45) is 0 Å². The Labute approximate surface area is 117 Å². The summed E-state index contributed by atoms with van der Waals surface area (Å²) in [5, 5.41) is 9.38. The Morgan fingerprint density at radius 1 is 1.37 bits per heavy atom. The van der Waals surface area contributed by atoms with Gasteiger partial charge in [0.15, 0.2) is 0 Å². The molecule has 1 aliphatic carbocycles. The van der Waals surface area contributed by atoms with Crippen molar-refractivity contribution < 1.29 is 19.4 Å². The van der Waals surface area contributed by atoms with Crippen LogP contribution in [0.2, 0.25) is 5.02 Å². The highest BCUT2D eigenvalue weighted by Crippen LogP contribution is 2.30. The molecule has 1 saturated carbocycles. The van der Waals surface area contributed by atoms with Gasteiger partial charge in [0.1, 0.15) is 17.4 Å². The Morgan fingerprint density at radius 2 is 2.11 bits per heavy atom. The number of carbonyl (C=O) groups is 1. The molecule has 5 heteroatoms. The van der Waals surface area contributed by atoms with E-state index in [0.717, 1.165) is 25.7 Å². The van der Waals surface area contributed by atoms with Gasteiger partial charge in [-0.25, -0.2) is 4.79 Å². The van der Waals surface area contributed by atoms with Crippen LogP contribution in [0.5, 0.6) is 5.75 Å². The fraction of sp³-hybridized carbons (Fsp3) is 0.500. The third kappa shape index (κ3) is 3.39. The van der Waals surface area contributed by atoms with Crippen molar-refractivity contribution in [3.8, 4) is 5.75 Å².